The van der Waals surface area contributed by atoms with Gasteiger partial charge in [-0.15, -0.1) is 10.2 Å². The number of nitrogens with one attached hydrogen (secondary N) is 2. The monoisotopic (exact) mass is 564 g/mol. The highest BCUT2D eigenvalue weighted by Gasteiger charge is 2.26. The number of carbonyl (C=O) groups is 2. The number of hydrogen-bond acceptors (Lipinski definition) is 7. The molecule has 0 aliphatic carbocycles. The molecule has 3 aromatic rings. The van der Waals surface area contributed by atoms with E-state index in [-0.39, 0.29) is 34.2 Å². The molecule has 0 aliphatic rings. The van der Waals surface area contributed by atoms with E-state index >= 15 is 0 Å². The van der Waals surface area contributed by atoms with E-state index in [0.717, 1.165) is 0 Å². The van der Waals surface area contributed by atoms with E-state index in [1.54, 1.807) is 19.1 Å². The average Bonchev–Trinajstić information content (AvgIpc) is 3.26. The number of amides is 2. The van der Waals surface area contributed by atoms with Crippen molar-refractivity contribution in [2.75, 3.05) is 11.1 Å². The Bertz CT molecular complexity index is 1330. The number of carbonyl (C=O) groups excluding carboxylic acids is 2. The number of nitrogens with zero attached hydrogens (tertiary/aromatic N) is 4. The zero-order chi connectivity index (χ0) is 27.3. The molecule has 37 heavy (non-hydrogen) atoms. The SMILES string of the molecule is CCn1c(SCC(=O)Nc2ccc([N+](=O)[O-])cc2C)nnc1[C@@H](NC(=O)c1ccc(Cl)c(Cl)c1)C(C)C. The fourth-order valence-corrected chi connectivity index (χ4v) is 4.65. The fraction of sp³-hybridized carbons (Fsp3) is 0.333. The maximum atomic E-state index is 12.9. The van der Waals surface area contributed by atoms with Gasteiger partial charge in [0.05, 0.1) is 26.8 Å². The number of thioether (sulfide) groups is 1. The first-order valence-electron chi connectivity index (χ1n) is 11.4. The molecule has 1 aromatic heterocycles. The van der Waals surface area contributed by atoms with Crippen LogP contribution in [0.5, 0.6) is 0 Å². The highest BCUT2D eigenvalue weighted by Crippen LogP contribution is 2.27. The quantitative estimate of drug-likeness (QED) is 0.184. The number of nitro benzene ring substituents is 1. The molecular weight excluding hydrogens is 539 g/mol. The number of nitro groups is 1. The van der Waals surface area contributed by atoms with Gasteiger partial charge in [-0.05, 0) is 49.6 Å². The van der Waals surface area contributed by atoms with Gasteiger partial charge in [-0.1, -0.05) is 48.8 Å². The molecule has 0 saturated carbocycles. The van der Waals surface area contributed by atoms with E-state index in [1.165, 1.54) is 36.0 Å². The molecule has 13 heteroatoms. The second-order valence-electron chi connectivity index (χ2n) is 8.50. The molecule has 0 spiro atoms. The van der Waals surface area contributed by atoms with Gasteiger partial charge in [-0.3, -0.25) is 19.7 Å². The van der Waals surface area contributed by atoms with Crippen LogP contribution >= 0.6 is 35.0 Å². The summed E-state index contributed by atoms with van der Waals surface area (Å²) in [6.07, 6.45) is 0. The van der Waals surface area contributed by atoms with Crippen molar-refractivity contribution in [1.82, 2.24) is 20.1 Å². The van der Waals surface area contributed by atoms with Crippen molar-refractivity contribution in [3.63, 3.8) is 0 Å². The maximum Gasteiger partial charge on any atom is 0.269 e. The summed E-state index contributed by atoms with van der Waals surface area (Å²) < 4.78 is 1.86. The second-order valence-corrected chi connectivity index (χ2v) is 10.3. The molecule has 0 radical (unpaired) electrons. The van der Waals surface area contributed by atoms with Gasteiger partial charge in [-0.2, -0.15) is 0 Å². The zero-order valence-corrected chi connectivity index (χ0v) is 22.9. The van der Waals surface area contributed by atoms with Crippen LogP contribution in [0.1, 0.15) is 48.6 Å². The van der Waals surface area contributed by atoms with E-state index in [4.69, 9.17) is 23.2 Å². The van der Waals surface area contributed by atoms with Crippen molar-refractivity contribution in [3.8, 4) is 0 Å². The van der Waals surface area contributed by atoms with Gasteiger partial charge >= 0.3 is 0 Å². The Labute approximate surface area is 228 Å². The Morgan fingerprint density at radius 1 is 1.14 bits per heavy atom. The van der Waals surface area contributed by atoms with E-state index in [0.29, 0.717) is 39.4 Å². The number of benzene rings is 2. The molecule has 1 heterocycles. The number of non-ortho nitro benzene ring substituents is 1. The molecule has 0 aliphatic heterocycles. The summed E-state index contributed by atoms with van der Waals surface area (Å²) in [5.41, 5.74) is 1.41. The van der Waals surface area contributed by atoms with E-state index < -0.39 is 11.0 Å². The lowest BCUT2D eigenvalue weighted by Gasteiger charge is -2.22. The molecule has 0 bridgehead atoms. The predicted octanol–water partition coefficient (Wildman–Crippen LogP) is 5.68. The Hall–Kier alpha value is -3.15. The van der Waals surface area contributed by atoms with Crippen molar-refractivity contribution >= 4 is 58.2 Å². The third kappa shape index (κ3) is 7.00. The van der Waals surface area contributed by atoms with Crippen LogP contribution in [0, 0.1) is 23.0 Å². The molecular formula is C24H26Cl2N6O4S. The van der Waals surface area contributed by atoms with Crippen molar-refractivity contribution in [2.45, 2.75) is 45.4 Å². The summed E-state index contributed by atoms with van der Waals surface area (Å²) in [6, 6.07) is 8.48. The van der Waals surface area contributed by atoms with Crippen LogP contribution in [0.3, 0.4) is 0 Å². The highest BCUT2D eigenvalue weighted by molar-refractivity contribution is 7.99. The third-order valence-electron chi connectivity index (χ3n) is 5.50. The number of anilines is 1. The fourth-order valence-electron chi connectivity index (χ4n) is 3.54. The van der Waals surface area contributed by atoms with Crippen molar-refractivity contribution in [1.29, 1.82) is 0 Å². The minimum Gasteiger partial charge on any atom is -0.342 e. The van der Waals surface area contributed by atoms with Crippen LogP contribution < -0.4 is 10.6 Å². The minimum absolute atomic E-state index is 0.00696. The molecule has 10 nitrogen and oxygen atoms in total. The van der Waals surface area contributed by atoms with Crippen molar-refractivity contribution in [3.05, 3.63) is 73.5 Å². The first-order chi connectivity index (χ1) is 17.5. The molecule has 2 amide bonds. The lowest BCUT2D eigenvalue weighted by Crippen LogP contribution is -2.33. The number of rotatable bonds is 10. The summed E-state index contributed by atoms with van der Waals surface area (Å²) in [5, 5.41) is 26.4. The molecule has 2 N–H and O–H groups in total. The molecule has 0 fully saturated rings. The number of hydrogen-bond donors (Lipinski definition) is 2. The Kier molecular flexibility index (Phi) is 9.52. The topological polar surface area (TPSA) is 132 Å². The normalized spacial score (nSPS) is 11.9. The minimum atomic E-state index is -0.485. The molecule has 0 saturated heterocycles. The number of aryl methyl sites for hydroxylation is 1. The van der Waals surface area contributed by atoms with Gasteiger partial charge in [0.1, 0.15) is 0 Å². The number of halogens is 2. The molecule has 1 atom stereocenters. The third-order valence-corrected chi connectivity index (χ3v) is 7.21. The number of aromatic nitrogens is 3. The summed E-state index contributed by atoms with van der Waals surface area (Å²) in [6.45, 7) is 8.06. The predicted molar refractivity (Wildman–Crippen MR) is 144 cm³/mol. The second kappa shape index (κ2) is 12.4. The standard InChI is InChI=1S/C24H26Cl2N6O4S/c1-5-31-22(21(13(2)3)28-23(34)15-6-8-17(25)18(26)11-15)29-30-24(31)37-12-20(33)27-19-9-7-16(32(35)36)10-14(19)4/h6-11,13,21H,5,12H2,1-4H3,(H,27,33)(H,28,34)/t21-/m0/s1. The van der Waals surface area contributed by atoms with Gasteiger partial charge in [0.25, 0.3) is 11.6 Å². The first-order valence-corrected chi connectivity index (χ1v) is 13.1. The van der Waals surface area contributed by atoms with Crippen LogP contribution in [0.2, 0.25) is 10.0 Å². The Balaban J connectivity index is 1.71. The molecule has 3 rings (SSSR count). The summed E-state index contributed by atoms with van der Waals surface area (Å²) >= 11 is 13.2. The largest absolute Gasteiger partial charge is 0.342 e. The average molecular weight is 565 g/mol. The van der Waals surface area contributed by atoms with Crippen LogP contribution in [0.25, 0.3) is 0 Å². The summed E-state index contributed by atoms with van der Waals surface area (Å²) in [7, 11) is 0. The molecule has 196 valence electrons. The van der Waals surface area contributed by atoms with Crippen LogP contribution in [-0.4, -0.2) is 37.3 Å². The van der Waals surface area contributed by atoms with Crippen molar-refractivity contribution in [2.24, 2.45) is 5.92 Å². The van der Waals surface area contributed by atoms with Crippen LogP contribution in [0.4, 0.5) is 11.4 Å². The first kappa shape index (κ1) is 28.4. The highest BCUT2D eigenvalue weighted by atomic mass is 35.5. The summed E-state index contributed by atoms with van der Waals surface area (Å²) in [4.78, 5) is 35.9. The lowest BCUT2D eigenvalue weighted by atomic mass is 10.0. The van der Waals surface area contributed by atoms with Gasteiger partial charge < -0.3 is 15.2 Å². The van der Waals surface area contributed by atoms with Gasteiger partial charge in [0, 0.05) is 29.9 Å². The Morgan fingerprint density at radius 2 is 1.86 bits per heavy atom. The maximum absolute atomic E-state index is 12.9. The van der Waals surface area contributed by atoms with Gasteiger partial charge in [-0.25, -0.2) is 0 Å². The van der Waals surface area contributed by atoms with Crippen molar-refractivity contribution < 1.29 is 14.5 Å². The Morgan fingerprint density at radius 3 is 2.46 bits per heavy atom. The molecule has 0 unspecified atom stereocenters. The smallest absolute Gasteiger partial charge is 0.269 e. The van der Waals surface area contributed by atoms with Crippen LogP contribution in [-0.2, 0) is 11.3 Å². The van der Waals surface area contributed by atoms with Gasteiger partial charge in [0.15, 0.2) is 11.0 Å². The van der Waals surface area contributed by atoms with Gasteiger partial charge in [0.2, 0.25) is 5.91 Å². The van der Waals surface area contributed by atoms with E-state index in [2.05, 4.69) is 20.8 Å². The summed E-state index contributed by atoms with van der Waals surface area (Å²) in [5.74, 6) is 0.00117. The van der Waals surface area contributed by atoms with Crippen LogP contribution in [0.15, 0.2) is 41.6 Å². The van der Waals surface area contributed by atoms with E-state index in [1.807, 2.05) is 25.3 Å². The zero-order valence-electron chi connectivity index (χ0n) is 20.6. The van der Waals surface area contributed by atoms with E-state index in [9.17, 15) is 19.7 Å². The molecule has 2 aromatic carbocycles. The lowest BCUT2D eigenvalue weighted by molar-refractivity contribution is -0.384.